The van der Waals surface area contributed by atoms with Crippen LogP contribution in [0.4, 0.5) is 10.5 Å². The van der Waals surface area contributed by atoms with E-state index >= 15 is 0 Å². The Morgan fingerprint density at radius 2 is 1.85 bits per heavy atom. The average Bonchev–Trinajstić information content (AvgIpc) is 2.62. The Morgan fingerprint density at radius 1 is 1.22 bits per heavy atom. The minimum atomic E-state index is -0.381. The lowest BCUT2D eigenvalue weighted by molar-refractivity contribution is 0.0754. The summed E-state index contributed by atoms with van der Waals surface area (Å²) in [7, 11) is 1.74. The van der Waals surface area contributed by atoms with Crippen LogP contribution in [-0.2, 0) is 0 Å². The normalized spacial score (nSPS) is 16.3. The molecule has 1 aliphatic heterocycles. The second-order valence-electron chi connectivity index (χ2n) is 7.27. The van der Waals surface area contributed by atoms with Crippen LogP contribution in [0.1, 0.15) is 31.1 Å². The third kappa shape index (κ3) is 5.82. The molecule has 1 atom stereocenters. The highest BCUT2D eigenvalue weighted by molar-refractivity contribution is 6.33. The number of amides is 3. The molecule has 1 heterocycles. The van der Waals surface area contributed by atoms with Crippen molar-refractivity contribution in [2.45, 2.75) is 32.9 Å². The first-order valence-corrected chi connectivity index (χ1v) is 9.60. The van der Waals surface area contributed by atoms with Gasteiger partial charge in [-0.15, -0.1) is 0 Å². The molecule has 2 rings (SSSR count). The second kappa shape index (κ2) is 9.39. The largest absolute Gasteiger partial charge is 0.392 e. The van der Waals surface area contributed by atoms with E-state index in [0.717, 1.165) is 0 Å². The van der Waals surface area contributed by atoms with Gasteiger partial charge in [0.1, 0.15) is 0 Å². The zero-order valence-electron chi connectivity index (χ0n) is 16.4. The number of carbonyl (C=O) groups is 2. The van der Waals surface area contributed by atoms with Gasteiger partial charge in [-0.1, -0.05) is 11.6 Å². The predicted octanol–water partition coefficient (Wildman–Crippen LogP) is 2.35. The molecule has 8 heteroatoms. The molecule has 0 unspecified atom stereocenters. The van der Waals surface area contributed by atoms with Crippen LogP contribution in [-0.4, -0.2) is 83.7 Å². The molecule has 0 aliphatic carbocycles. The van der Waals surface area contributed by atoms with Crippen molar-refractivity contribution in [3.8, 4) is 0 Å². The highest BCUT2D eigenvalue weighted by atomic mass is 35.5. The van der Waals surface area contributed by atoms with Crippen molar-refractivity contribution in [2.75, 3.05) is 45.1 Å². The smallest absolute Gasteiger partial charge is 0.321 e. The molecule has 27 heavy (non-hydrogen) atoms. The number of hydrogen-bond acceptors (Lipinski definition) is 4. The Labute approximate surface area is 165 Å². The van der Waals surface area contributed by atoms with Gasteiger partial charge in [0, 0.05) is 51.4 Å². The molecule has 1 fully saturated rings. The number of β-amino-alcohol motifs (C(OH)–C–C–N with tert-alkyl or cyclic N) is 1. The number of piperazine rings is 1. The summed E-state index contributed by atoms with van der Waals surface area (Å²) in [5, 5.41) is 12.7. The molecule has 0 bridgehead atoms. The van der Waals surface area contributed by atoms with Crippen LogP contribution in [0.25, 0.3) is 0 Å². The van der Waals surface area contributed by atoms with E-state index in [9.17, 15) is 14.7 Å². The molecular formula is C19H29ClN4O3. The van der Waals surface area contributed by atoms with Crippen molar-refractivity contribution in [3.05, 3.63) is 28.8 Å². The number of aliphatic hydroxyl groups excluding tert-OH is 1. The fraction of sp³-hybridized carbons (Fsp3) is 0.579. The molecule has 7 nitrogen and oxygen atoms in total. The van der Waals surface area contributed by atoms with Gasteiger partial charge in [-0.2, -0.15) is 0 Å². The number of nitrogens with zero attached hydrogens (tertiary/aromatic N) is 3. The van der Waals surface area contributed by atoms with Gasteiger partial charge in [-0.3, -0.25) is 9.69 Å². The summed E-state index contributed by atoms with van der Waals surface area (Å²) in [6.07, 6.45) is -0.381. The van der Waals surface area contributed by atoms with Crippen molar-refractivity contribution >= 4 is 29.2 Å². The van der Waals surface area contributed by atoms with Crippen molar-refractivity contribution in [1.82, 2.24) is 14.7 Å². The zero-order valence-corrected chi connectivity index (χ0v) is 17.2. The summed E-state index contributed by atoms with van der Waals surface area (Å²) in [6.45, 7) is 8.81. The minimum Gasteiger partial charge on any atom is -0.392 e. The summed E-state index contributed by atoms with van der Waals surface area (Å²) >= 11 is 6.21. The van der Waals surface area contributed by atoms with Gasteiger partial charge in [0.25, 0.3) is 5.91 Å². The molecule has 2 N–H and O–H groups in total. The van der Waals surface area contributed by atoms with Gasteiger partial charge < -0.3 is 20.2 Å². The maximum atomic E-state index is 12.6. The van der Waals surface area contributed by atoms with Crippen molar-refractivity contribution in [3.63, 3.8) is 0 Å². The SMILES string of the molecule is CC(C)N(C)C(=O)c1ccc(Cl)c(NC(=O)N2CCN(C[C@@H](C)O)CC2)c1. The number of hydrogen-bond donors (Lipinski definition) is 2. The third-order valence-electron chi connectivity index (χ3n) is 4.73. The summed E-state index contributed by atoms with van der Waals surface area (Å²) < 4.78 is 0. The van der Waals surface area contributed by atoms with Crippen LogP contribution in [0.2, 0.25) is 5.02 Å². The fourth-order valence-corrected chi connectivity index (χ4v) is 3.06. The lowest BCUT2D eigenvalue weighted by atomic mass is 10.1. The number of carbonyl (C=O) groups excluding carboxylic acids is 2. The van der Waals surface area contributed by atoms with E-state index < -0.39 is 0 Å². The van der Waals surface area contributed by atoms with E-state index in [4.69, 9.17) is 11.6 Å². The zero-order chi connectivity index (χ0) is 20.1. The molecule has 0 spiro atoms. The molecule has 1 aliphatic rings. The quantitative estimate of drug-likeness (QED) is 0.801. The molecular weight excluding hydrogens is 368 g/mol. The highest BCUT2D eigenvalue weighted by Gasteiger charge is 2.23. The lowest BCUT2D eigenvalue weighted by Crippen LogP contribution is -2.51. The average molecular weight is 397 g/mol. The molecule has 0 aromatic heterocycles. The van der Waals surface area contributed by atoms with Crippen molar-refractivity contribution < 1.29 is 14.7 Å². The van der Waals surface area contributed by atoms with Crippen LogP contribution < -0.4 is 5.32 Å². The van der Waals surface area contributed by atoms with Gasteiger partial charge in [-0.25, -0.2) is 4.79 Å². The minimum absolute atomic E-state index is 0.0733. The van der Waals surface area contributed by atoms with Gasteiger partial charge >= 0.3 is 6.03 Å². The maximum Gasteiger partial charge on any atom is 0.321 e. The summed E-state index contributed by atoms with van der Waals surface area (Å²) in [6, 6.07) is 4.73. The third-order valence-corrected chi connectivity index (χ3v) is 5.06. The fourth-order valence-electron chi connectivity index (χ4n) is 2.89. The van der Waals surface area contributed by atoms with E-state index in [-0.39, 0.29) is 24.1 Å². The maximum absolute atomic E-state index is 12.6. The molecule has 0 radical (unpaired) electrons. The van der Waals surface area contributed by atoms with Gasteiger partial charge in [0.05, 0.1) is 16.8 Å². The Kier molecular flexibility index (Phi) is 7.47. The molecule has 150 valence electrons. The van der Waals surface area contributed by atoms with Crippen molar-refractivity contribution in [2.24, 2.45) is 0 Å². The Hall–Kier alpha value is -1.83. The first-order chi connectivity index (χ1) is 12.7. The van der Waals surface area contributed by atoms with E-state index in [2.05, 4.69) is 10.2 Å². The number of nitrogens with one attached hydrogen (secondary N) is 1. The van der Waals surface area contributed by atoms with Crippen LogP contribution >= 0.6 is 11.6 Å². The van der Waals surface area contributed by atoms with Crippen LogP contribution in [0.3, 0.4) is 0 Å². The van der Waals surface area contributed by atoms with Crippen molar-refractivity contribution in [1.29, 1.82) is 0 Å². The number of anilines is 1. The van der Waals surface area contributed by atoms with E-state index in [1.807, 2.05) is 13.8 Å². The van der Waals surface area contributed by atoms with Crippen LogP contribution in [0.15, 0.2) is 18.2 Å². The number of urea groups is 1. The molecule has 0 saturated carbocycles. The summed E-state index contributed by atoms with van der Waals surface area (Å²) in [4.78, 5) is 30.5. The highest BCUT2D eigenvalue weighted by Crippen LogP contribution is 2.24. The summed E-state index contributed by atoms with van der Waals surface area (Å²) in [5.74, 6) is -0.121. The monoisotopic (exact) mass is 396 g/mol. The molecule has 1 aromatic rings. The molecule has 3 amide bonds. The van der Waals surface area contributed by atoms with Gasteiger partial charge in [-0.05, 0) is 39.0 Å². The number of rotatable bonds is 5. The number of halogens is 1. The predicted molar refractivity (Wildman–Crippen MR) is 107 cm³/mol. The van der Waals surface area contributed by atoms with Gasteiger partial charge in [0.15, 0.2) is 0 Å². The first-order valence-electron chi connectivity index (χ1n) is 9.22. The number of benzene rings is 1. The number of aliphatic hydroxyl groups is 1. The lowest BCUT2D eigenvalue weighted by Gasteiger charge is -2.35. The van der Waals surface area contributed by atoms with E-state index in [1.54, 1.807) is 42.0 Å². The Bertz CT molecular complexity index is 673. The first kappa shape index (κ1) is 21.5. The Balaban J connectivity index is 2.01. The van der Waals surface area contributed by atoms with E-state index in [1.165, 1.54) is 0 Å². The van der Waals surface area contributed by atoms with Gasteiger partial charge in [0.2, 0.25) is 0 Å². The second-order valence-corrected chi connectivity index (χ2v) is 7.68. The Morgan fingerprint density at radius 3 is 2.41 bits per heavy atom. The van der Waals surface area contributed by atoms with Crippen LogP contribution in [0.5, 0.6) is 0 Å². The van der Waals surface area contributed by atoms with E-state index in [0.29, 0.717) is 49.0 Å². The van der Waals surface area contributed by atoms with Crippen LogP contribution in [0, 0.1) is 0 Å². The summed E-state index contributed by atoms with van der Waals surface area (Å²) in [5.41, 5.74) is 0.906. The topological polar surface area (TPSA) is 76.1 Å². The molecule has 1 saturated heterocycles. The molecule has 1 aromatic carbocycles. The standard InChI is InChI=1S/C19H29ClN4O3/c1-13(2)22(4)18(26)15-5-6-16(20)17(11-15)21-19(27)24-9-7-23(8-10-24)12-14(3)25/h5-6,11,13-14,25H,7-10,12H2,1-4H3,(H,21,27)/t14-/m1/s1.